The maximum Gasteiger partial charge on any atom is 0.270 e. The third kappa shape index (κ3) is 2.18. The molecule has 1 heterocycles. The van der Waals surface area contributed by atoms with Gasteiger partial charge in [-0.3, -0.25) is 10.1 Å². The summed E-state index contributed by atoms with van der Waals surface area (Å²) < 4.78 is 0. The van der Waals surface area contributed by atoms with E-state index in [0.29, 0.717) is 5.92 Å². The van der Waals surface area contributed by atoms with Crippen molar-refractivity contribution in [1.82, 2.24) is 9.97 Å². The smallest absolute Gasteiger partial charge is 0.270 e. The fourth-order valence-corrected chi connectivity index (χ4v) is 2.41. The Balaban J connectivity index is 1.94. The molecule has 0 spiro atoms. The molecule has 1 fully saturated rings. The van der Waals surface area contributed by atoms with Crippen LogP contribution in [0.1, 0.15) is 25.6 Å². The molecule has 1 aromatic heterocycles. The van der Waals surface area contributed by atoms with Gasteiger partial charge in [-0.25, -0.2) is 4.98 Å². The predicted octanol–water partition coefficient (Wildman–Crippen LogP) is 2.57. The second kappa shape index (κ2) is 4.42. The number of nitro benzene ring substituents is 1. The van der Waals surface area contributed by atoms with Crippen LogP contribution in [0.4, 0.5) is 5.69 Å². The normalized spacial score (nSPS) is 17.7. The standard InChI is InChI=1S/C14H16N4O2/c1-14(15,10-5-6-10)13-16-8-12(17-13)9-3-2-4-11(7-9)18(19)20/h2-4,7-8,10H,5-6,15H2,1H3,(H,16,17). The number of hydrogen-bond donors (Lipinski definition) is 2. The van der Waals surface area contributed by atoms with Crippen molar-refractivity contribution in [2.45, 2.75) is 25.3 Å². The van der Waals surface area contributed by atoms with Crippen LogP contribution in [0.3, 0.4) is 0 Å². The highest BCUT2D eigenvalue weighted by molar-refractivity contribution is 5.62. The van der Waals surface area contributed by atoms with Gasteiger partial charge in [0.1, 0.15) is 5.82 Å². The average Bonchev–Trinajstić information content (AvgIpc) is 3.17. The van der Waals surface area contributed by atoms with Crippen molar-refractivity contribution in [2.24, 2.45) is 11.7 Å². The summed E-state index contributed by atoms with van der Waals surface area (Å²) in [6.07, 6.45) is 3.93. The van der Waals surface area contributed by atoms with Gasteiger partial charge in [0.25, 0.3) is 5.69 Å². The number of nitro groups is 1. The first-order chi connectivity index (χ1) is 9.48. The first-order valence-electron chi connectivity index (χ1n) is 6.57. The number of aromatic amines is 1. The van der Waals surface area contributed by atoms with Gasteiger partial charge in [-0.15, -0.1) is 0 Å². The van der Waals surface area contributed by atoms with E-state index >= 15 is 0 Å². The van der Waals surface area contributed by atoms with Crippen molar-refractivity contribution in [3.63, 3.8) is 0 Å². The lowest BCUT2D eigenvalue weighted by Crippen LogP contribution is -2.36. The van der Waals surface area contributed by atoms with Crippen LogP contribution in [0.5, 0.6) is 0 Å². The Labute approximate surface area is 116 Å². The number of aromatic nitrogens is 2. The Hall–Kier alpha value is -2.21. The Bertz CT molecular complexity index is 659. The second-order valence-corrected chi connectivity index (χ2v) is 5.51. The summed E-state index contributed by atoms with van der Waals surface area (Å²) in [7, 11) is 0. The molecular formula is C14H16N4O2. The van der Waals surface area contributed by atoms with Gasteiger partial charge < -0.3 is 10.7 Å². The van der Waals surface area contributed by atoms with E-state index in [1.807, 2.05) is 13.0 Å². The molecule has 20 heavy (non-hydrogen) atoms. The van der Waals surface area contributed by atoms with Crippen LogP contribution in [0.15, 0.2) is 30.5 Å². The summed E-state index contributed by atoms with van der Waals surface area (Å²) in [5.74, 6) is 1.20. The minimum absolute atomic E-state index is 0.0661. The molecule has 1 aliphatic carbocycles. The average molecular weight is 272 g/mol. The zero-order valence-electron chi connectivity index (χ0n) is 11.2. The minimum Gasteiger partial charge on any atom is -0.340 e. The number of hydrogen-bond acceptors (Lipinski definition) is 4. The summed E-state index contributed by atoms with van der Waals surface area (Å²) in [4.78, 5) is 17.9. The van der Waals surface area contributed by atoms with Crippen LogP contribution in [0, 0.1) is 16.0 Å². The number of non-ortho nitro benzene ring substituents is 1. The molecular weight excluding hydrogens is 256 g/mol. The molecule has 2 aromatic rings. The van der Waals surface area contributed by atoms with E-state index in [2.05, 4.69) is 9.97 Å². The molecule has 6 nitrogen and oxygen atoms in total. The van der Waals surface area contributed by atoms with E-state index in [-0.39, 0.29) is 5.69 Å². The molecule has 1 atom stereocenters. The molecule has 1 aliphatic rings. The molecule has 0 amide bonds. The molecule has 104 valence electrons. The number of nitrogens with zero attached hydrogens (tertiary/aromatic N) is 2. The zero-order valence-corrected chi connectivity index (χ0v) is 11.2. The van der Waals surface area contributed by atoms with Gasteiger partial charge in [0, 0.05) is 17.7 Å². The van der Waals surface area contributed by atoms with Crippen molar-refractivity contribution in [3.05, 3.63) is 46.4 Å². The van der Waals surface area contributed by atoms with E-state index in [1.165, 1.54) is 12.1 Å². The summed E-state index contributed by atoms with van der Waals surface area (Å²) in [5, 5.41) is 10.8. The SMILES string of the molecule is CC(N)(c1ncc(-c2cccc([N+](=O)[O-])c2)[nH]1)C1CC1. The summed E-state index contributed by atoms with van der Waals surface area (Å²) in [6.45, 7) is 1.97. The highest BCUT2D eigenvalue weighted by atomic mass is 16.6. The van der Waals surface area contributed by atoms with Gasteiger partial charge in [0.2, 0.25) is 0 Å². The summed E-state index contributed by atoms with van der Waals surface area (Å²) >= 11 is 0. The lowest BCUT2D eigenvalue weighted by molar-refractivity contribution is -0.384. The van der Waals surface area contributed by atoms with Crippen LogP contribution in [-0.4, -0.2) is 14.9 Å². The molecule has 1 saturated carbocycles. The maximum absolute atomic E-state index is 10.8. The molecule has 1 unspecified atom stereocenters. The van der Waals surface area contributed by atoms with Crippen LogP contribution in [-0.2, 0) is 5.54 Å². The molecule has 1 aromatic carbocycles. The van der Waals surface area contributed by atoms with Crippen LogP contribution in [0.25, 0.3) is 11.3 Å². The van der Waals surface area contributed by atoms with Crippen molar-refractivity contribution < 1.29 is 4.92 Å². The molecule has 0 bridgehead atoms. The molecule has 0 aliphatic heterocycles. The highest BCUT2D eigenvalue weighted by Crippen LogP contribution is 2.43. The van der Waals surface area contributed by atoms with E-state index in [9.17, 15) is 10.1 Å². The Morgan fingerprint density at radius 3 is 2.90 bits per heavy atom. The van der Waals surface area contributed by atoms with Gasteiger partial charge in [-0.05, 0) is 25.7 Å². The third-order valence-corrected chi connectivity index (χ3v) is 3.88. The number of benzene rings is 1. The lowest BCUT2D eigenvalue weighted by Gasteiger charge is -2.21. The van der Waals surface area contributed by atoms with E-state index in [4.69, 9.17) is 5.73 Å². The Morgan fingerprint density at radius 1 is 1.50 bits per heavy atom. The van der Waals surface area contributed by atoms with Crippen molar-refractivity contribution in [2.75, 3.05) is 0 Å². The fourth-order valence-electron chi connectivity index (χ4n) is 2.41. The van der Waals surface area contributed by atoms with Crippen molar-refractivity contribution in [1.29, 1.82) is 0 Å². The van der Waals surface area contributed by atoms with Crippen molar-refractivity contribution in [3.8, 4) is 11.3 Å². The molecule has 6 heteroatoms. The summed E-state index contributed by atoms with van der Waals surface area (Å²) in [5.41, 5.74) is 7.41. The van der Waals surface area contributed by atoms with Crippen LogP contribution >= 0.6 is 0 Å². The largest absolute Gasteiger partial charge is 0.340 e. The number of rotatable bonds is 4. The molecule has 0 saturated heterocycles. The van der Waals surface area contributed by atoms with Crippen molar-refractivity contribution >= 4 is 5.69 Å². The van der Waals surface area contributed by atoms with Gasteiger partial charge in [0.15, 0.2) is 0 Å². The Kier molecular flexibility index (Phi) is 2.83. The first-order valence-corrected chi connectivity index (χ1v) is 6.57. The van der Waals surface area contributed by atoms with E-state index in [1.54, 1.807) is 12.3 Å². The topological polar surface area (TPSA) is 97.8 Å². The number of nitrogens with one attached hydrogen (secondary N) is 1. The monoisotopic (exact) mass is 272 g/mol. The van der Waals surface area contributed by atoms with Gasteiger partial charge in [0.05, 0.1) is 22.4 Å². The molecule has 3 N–H and O–H groups in total. The van der Waals surface area contributed by atoms with Crippen LogP contribution < -0.4 is 5.73 Å². The summed E-state index contributed by atoms with van der Waals surface area (Å²) in [6, 6.07) is 6.48. The Morgan fingerprint density at radius 2 is 2.25 bits per heavy atom. The quantitative estimate of drug-likeness (QED) is 0.660. The second-order valence-electron chi connectivity index (χ2n) is 5.51. The fraction of sp³-hybridized carbons (Fsp3) is 0.357. The molecule has 3 rings (SSSR count). The first kappa shape index (κ1) is 12.8. The van der Waals surface area contributed by atoms with E-state index < -0.39 is 10.5 Å². The third-order valence-electron chi connectivity index (χ3n) is 3.88. The van der Waals surface area contributed by atoms with Crippen LogP contribution in [0.2, 0.25) is 0 Å². The number of H-pyrrole nitrogens is 1. The molecule has 0 radical (unpaired) electrons. The lowest BCUT2D eigenvalue weighted by atomic mass is 9.97. The minimum atomic E-state index is -0.459. The van der Waals surface area contributed by atoms with Gasteiger partial charge in [-0.1, -0.05) is 12.1 Å². The van der Waals surface area contributed by atoms with Gasteiger partial charge in [-0.2, -0.15) is 0 Å². The predicted molar refractivity (Wildman–Crippen MR) is 74.9 cm³/mol. The van der Waals surface area contributed by atoms with E-state index in [0.717, 1.165) is 29.9 Å². The highest BCUT2D eigenvalue weighted by Gasteiger charge is 2.41. The zero-order chi connectivity index (χ0) is 14.3. The number of imidazole rings is 1. The maximum atomic E-state index is 10.8. The van der Waals surface area contributed by atoms with Gasteiger partial charge >= 0.3 is 0 Å². The number of nitrogens with two attached hydrogens (primary N) is 1.